The lowest BCUT2D eigenvalue weighted by Crippen LogP contribution is -2.17. The lowest BCUT2D eigenvalue weighted by molar-refractivity contribution is -0.384. The number of carbonyl (C=O) groups excluding carboxylic acids is 1. The highest BCUT2D eigenvalue weighted by molar-refractivity contribution is 6.33. The molecule has 0 aliphatic rings. The average molecular weight is 243 g/mol. The van der Waals surface area contributed by atoms with Crippen molar-refractivity contribution in [1.29, 1.82) is 0 Å². The van der Waals surface area contributed by atoms with Gasteiger partial charge in [-0.2, -0.15) is 0 Å². The zero-order valence-electron chi connectivity index (χ0n) is 8.86. The third-order valence-corrected chi connectivity index (χ3v) is 2.24. The van der Waals surface area contributed by atoms with Gasteiger partial charge in [-0.05, 0) is 12.1 Å². The van der Waals surface area contributed by atoms with Crippen LogP contribution in [0.3, 0.4) is 0 Å². The van der Waals surface area contributed by atoms with E-state index in [9.17, 15) is 14.9 Å². The summed E-state index contributed by atoms with van der Waals surface area (Å²) >= 11 is 5.69. The van der Waals surface area contributed by atoms with Gasteiger partial charge in [0.15, 0.2) is 0 Å². The second kappa shape index (κ2) is 4.94. The maximum Gasteiger partial charge on any atom is 0.288 e. The first-order valence-corrected chi connectivity index (χ1v) is 5.04. The molecule has 1 N–H and O–H groups in total. The summed E-state index contributed by atoms with van der Waals surface area (Å²) in [5.41, 5.74) is 0.276. The monoisotopic (exact) mass is 242 g/mol. The number of halogens is 1. The largest absolute Gasteiger partial charge is 0.326 e. The topological polar surface area (TPSA) is 72.2 Å². The smallest absolute Gasteiger partial charge is 0.288 e. The Labute approximate surface area is 97.6 Å². The van der Waals surface area contributed by atoms with Crippen LogP contribution >= 0.6 is 11.6 Å². The van der Waals surface area contributed by atoms with Crippen molar-refractivity contribution < 1.29 is 9.72 Å². The fourth-order valence-corrected chi connectivity index (χ4v) is 1.27. The molecule has 0 aliphatic carbocycles. The van der Waals surface area contributed by atoms with Crippen LogP contribution in [0.5, 0.6) is 0 Å². The molecule has 0 spiro atoms. The molecule has 0 unspecified atom stereocenters. The Bertz CT molecular complexity index is 432. The van der Waals surface area contributed by atoms with Gasteiger partial charge in [-0.1, -0.05) is 25.4 Å². The van der Waals surface area contributed by atoms with Crippen LogP contribution in [0.15, 0.2) is 18.2 Å². The maximum absolute atomic E-state index is 11.4. The second-order valence-corrected chi connectivity index (χ2v) is 3.97. The first kappa shape index (κ1) is 12.4. The standard InChI is InChI=1S/C10H11ClN2O3/c1-6(2)10(14)12-7-3-4-9(13(15)16)8(11)5-7/h3-6H,1-2H3,(H,12,14). The molecule has 0 aliphatic heterocycles. The predicted octanol–water partition coefficient (Wildman–Crippen LogP) is 2.84. The Balaban J connectivity index is 2.90. The molecule has 1 aromatic carbocycles. The van der Waals surface area contributed by atoms with E-state index in [-0.39, 0.29) is 22.5 Å². The number of hydrogen-bond donors (Lipinski definition) is 1. The molecule has 0 radical (unpaired) electrons. The van der Waals surface area contributed by atoms with E-state index in [0.29, 0.717) is 5.69 Å². The van der Waals surface area contributed by atoms with Crippen molar-refractivity contribution in [2.24, 2.45) is 5.92 Å². The second-order valence-electron chi connectivity index (χ2n) is 3.57. The van der Waals surface area contributed by atoms with Gasteiger partial charge in [0, 0.05) is 17.7 Å². The van der Waals surface area contributed by atoms with Gasteiger partial charge < -0.3 is 5.32 Å². The highest BCUT2D eigenvalue weighted by Gasteiger charge is 2.13. The van der Waals surface area contributed by atoms with Gasteiger partial charge in [0.05, 0.1) is 4.92 Å². The molecular formula is C10H11ClN2O3. The van der Waals surface area contributed by atoms with Gasteiger partial charge in [0.1, 0.15) is 5.02 Å². The average Bonchev–Trinajstić information content (AvgIpc) is 2.16. The third-order valence-electron chi connectivity index (χ3n) is 1.94. The lowest BCUT2D eigenvalue weighted by Gasteiger charge is -2.07. The number of nitro benzene ring substituents is 1. The molecule has 0 bridgehead atoms. The number of amides is 1. The number of benzene rings is 1. The highest BCUT2D eigenvalue weighted by Crippen LogP contribution is 2.27. The van der Waals surface area contributed by atoms with Crippen LogP contribution in [-0.4, -0.2) is 10.8 Å². The van der Waals surface area contributed by atoms with E-state index in [1.807, 2.05) is 0 Å². The molecule has 6 heteroatoms. The fourth-order valence-electron chi connectivity index (χ4n) is 1.02. The predicted molar refractivity (Wildman–Crippen MR) is 61.6 cm³/mol. The molecule has 86 valence electrons. The number of hydrogen-bond acceptors (Lipinski definition) is 3. The minimum Gasteiger partial charge on any atom is -0.326 e. The SMILES string of the molecule is CC(C)C(=O)Nc1ccc([N+](=O)[O-])c(Cl)c1. The number of anilines is 1. The molecule has 0 aromatic heterocycles. The molecule has 1 aromatic rings. The number of nitro groups is 1. The Morgan fingerprint density at radius 3 is 2.56 bits per heavy atom. The highest BCUT2D eigenvalue weighted by atomic mass is 35.5. The van der Waals surface area contributed by atoms with Crippen molar-refractivity contribution in [1.82, 2.24) is 0 Å². The first-order valence-electron chi connectivity index (χ1n) is 4.66. The third kappa shape index (κ3) is 2.93. The molecule has 1 amide bonds. The molecule has 0 saturated heterocycles. The lowest BCUT2D eigenvalue weighted by atomic mass is 10.2. The molecular weight excluding hydrogens is 232 g/mol. The van der Waals surface area contributed by atoms with Gasteiger partial charge in [0.2, 0.25) is 5.91 Å². The van der Waals surface area contributed by atoms with Crippen molar-refractivity contribution in [3.05, 3.63) is 33.3 Å². The van der Waals surface area contributed by atoms with Gasteiger partial charge >= 0.3 is 0 Å². The van der Waals surface area contributed by atoms with Crippen molar-refractivity contribution in [2.45, 2.75) is 13.8 Å². The van der Waals surface area contributed by atoms with Crippen LogP contribution in [0.25, 0.3) is 0 Å². The van der Waals surface area contributed by atoms with E-state index in [0.717, 1.165) is 0 Å². The normalized spacial score (nSPS) is 10.2. The molecule has 0 heterocycles. The van der Waals surface area contributed by atoms with E-state index in [4.69, 9.17) is 11.6 Å². The summed E-state index contributed by atoms with van der Waals surface area (Å²) in [4.78, 5) is 21.3. The van der Waals surface area contributed by atoms with Crippen molar-refractivity contribution >= 4 is 28.9 Å². The Kier molecular flexibility index (Phi) is 3.84. The summed E-state index contributed by atoms with van der Waals surface area (Å²) < 4.78 is 0. The summed E-state index contributed by atoms with van der Waals surface area (Å²) in [6.45, 7) is 3.50. The number of nitrogens with zero attached hydrogens (tertiary/aromatic N) is 1. The van der Waals surface area contributed by atoms with E-state index in [1.54, 1.807) is 13.8 Å². The Morgan fingerprint density at radius 1 is 1.50 bits per heavy atom. The van der Waals surface area contributed by atoms with E-state index in [2.05, 4.69) is 5.32 Å². The summed E-state index contributed by atoms with van der Waals surface area (Å²) in [7, 11) is 0. The fraction of sp³-hybridized carbons (Fsp3) is 0.300. The van der Waals surface area contributed by atoms with E-state index in [1.165, 1.54) is 18.2 Å². The molecule has 0 saturated carbocycles. The van der Waals surface area contributed by atoms with Crippen LogP contribution in [0.4, 0.5) is 11.4 Å². The van der Waals surface area contributed by atoms with E-state index >= 15 is 0 Å². The zero-order chi connectivity index (χ0) is 12.3. The Hall–Kier alpha value is -1.62. The molecule has 5 nitrogen and oxygen atoms in total. The van der Waals surface area contributed by atoms with Gasteiger partial charge in [-0.3, -0.25) is 14.9 Å². The quantitative estimate of drug-likeness (QED) is 0.654. The van der Waals surface area contributed by atoms with Crippen LogP contribution in [0.1, 0.15) is 13.8 Å². The molecule has 0 fully saturated rings. The summed E-state index contributed by atoms with van der Waals surface area (Å²) in [6.07, 6.45) is 0. The van der Waals surface area contributed by atoms with Crippen LogP contribution in [-0.2, 0) is 4.79 Å². The summed E-state index contributed by atoms with van der Waals surface area (Å²) in [5.74, 6) is -0.320. The molecule has 0 atom stereocenters. The maximum atomic E-state index is 11.4. The van der Waals surface area contributed by atoms with Gasteiger partial charge in [-0.25, -0.2) is 0 Å². The first-order chi connectivity index (χ1) is 7.41. The minimum atomic E-state index is -0.573. The summed E-state index contributed by atoms with van der Waals surface area (Å²) in [5, 5.41) is 13.1. The molecule has 1 rings (SSSR count). The summed E-state index contributed by atoms with van der Waals surface area (Å²) in [6, 6.07) is 4.07. The van der Waals surface area contributed by atoms with Crippen LogP contribution in [0, 0.1) is 16.0 Å². The molecule has 16 heavy (non-hydrogen) atoms. The number of rotatable bonds is 3. The van der Waals surface area contributed by atoms with Crippen molar-refractivity contribution in [3.8, 4) is 0 Å². The van der Waals surface area contributed by atoms with Crippen molar-refractivity contribution in [3.63, 3.8) is 0 Å². The van der Waals surface area contributed by atoms with E-state index < -0.39 is 4.92 Å². The van der Waals surface area contributed by atoms with Crippen LogP contribution < -0.4 is 5.32 Å². The zero-order valence-corrected chi connectivity index (χ0v) is 9.62. The number of carbonyl (C=O) groups is 1. The van der Waals surface area contributed by atoms with Gasteiger partial charge in [-0.15, -0.1) is 0 Å². The minimum absolute atomic E-state index is 0.00607. The van der Waals surface area contributed by atoms with Crippen molar-refractivity contribution in [2.75, 3.05) is 5.32 Å². The number of nitrogens with one attached hydrogen (secondary N) is 1. The van der Waals surface area contributed by atoms with Gasteiger partial charge in [0.25, 0.3) is 5.69 Å². The van der Waals surface area contributed by atoms with Crippen LogP contribution in [0.2, 0.25) is 5.02 Å². The Morgan fingerprint density at radius 2 is 2.12 bits per heavy atom.